The molecule has 0 radical (unpaired) electrons. The number of rotatable bonds is 2. The molecule has 0 saturated carbocycles. The summed E-state index contributed by atoms with van der Waals surface area (Å²) in [5.74, 6) is 0. The number of hydrogen-bond acceptors (Lipinski definition) is 2. The lowest BCUT2D eigenvalue weighted by Gasteiger charge is -2.40. The molecule has 2 atom stereocenters. The summed E-state index contributed by atoms with van der Waals surface area (Å²) in [5.41, 5.74) is 2.35. The molecule has 0 fully saturated rings. The number of benzene rings is 1. The number of ether oxygens (including phenoxy) is 2. The summed E-state index contributed by atoms with van der Waals surface area (Å²) < 4.78 is 11.2. The lowest BCUT2D eigenvalue weighted by atomic mass is 9.78. The molecule has 82 valence electrons. The van der Waals surface area contributed by atoms with Crippen LogP contribution < -0.4 is 0 Å². The minimum atomic E-state index is -0.302. The second-order valence-electron chi connectivity index (χ2n) is 4.23. The molecule has 0 spiro atoms. The van der Waals surface area contributed by atoms with E-state index in [4.69, 9.17) is 9.47 Å². The van der Waals surface area contributed by atoms with Gasteiger partial charge in [-0.05, 0) is 30.9 Å². The molecular weight excluding hydrogens is 188 g/mol. The molecule has 2 heteroatoms. The Kier molecular flexibility index (Phi) is 2.81. The van der Waals surface area contributed by atoms with Crippen molar-refractivity contribution in [1.29, 1.82) is 0 Å². The van der Waals surface area contributed by atoms with Crippen LogP contribution in [-0.2, 0) is 21.5 Å². The van der Waals surface area contributed by atoms with Crippen molar-refractivity contribution in [2.45, 2.75) is 31.5 Å². The van der Waals surface area contributed by atoms with Crippen LogP contribution in [-0.4, -0.2) is 20.3 Å². The molecule has 2 nitrogen and oxygen atoms in total. The van der Waals surface area contributed by atoms with Gasteiger partial charge in [0.1, 0.15) is 5.60 Å². The van der Waals surface area contributed by atoms with Gasteiger partial charge in [-0.15, -0.1) is 0 Å². The normalized spacial score (nSPS) is 29.9. The molecule has 0 heterocycles. The van der Waals surface area contributed by atoms with Gasteiger partial charge in [0.2, 0.25) is 0 Å². The smallest absolute Gasteiger partial charge is 0.116 e. The van der Waals surface area contributed by atoms with Gasteiger partial charge in [-0.1, -0.05) is 24.3 Å². The predicted molar refractivity (Wildman–Crippen MR) is 59.9 cm³/mol. The van der Waals surface area contributed by atoms with Crippen LogP contribution in [0.15, 0.2) is 24.3 Å². The SMILES string of the molecule is CO[C@@H]1CCc2ccccc2[C@@]1(C)OC. The quantitative estimate of drug-likeness (QED) is 0.740. The minimum Gasteiger partial charge on any atom is -0.378 e. The van der Waals surface area contributed by atoms with Gasteiger partial charge in [0.25, 0.3) is 0 Å². The Morgan fingerprint density at radius 2 is 2.00 bits per heavy atom. The highest BCUT2D eigenvalue weighted by atomic mass is 16.5. The number of aryl methyl sites for hydroxylation is 1. The van der Waals surface area contributed by atoms with Crippen LogP contribution in [0.3, 0.4) is 0 Å². The Balaban J connectivity index is 2.48. The number of hydrogen-bond donors (Lipinski definition) is 0. The monoisotopic (exact) mass is 206 g/mol. The lowest BCUT2D eigenvalue weighted by Crippen LogP contribution is -2.43. The van der Waals surface area contributed by atoms with Gasteiger partial charge in [-0.2, -0.15) is 0 Å². The summed E-state index contributed by atoms with van der Waals surface area (Å²) in [6, 6.07) is 8.47. The first-order chi connectivity index (χ1) is 7.22. The van der Waals surface area contributed by atoms with E-state index >= 15 is 0 Å². The molecule has 0 aromatic heterocycles. The van der Waals surface area contributed by atoms with Crippen molar-refractivity contribution in [1.82, 2.24) is 0 Å². The van der Waals surface area contributed by atoms with Gasteiger partial charge in [0.05, 0.1) is 6.10 Å². The first kappa shape index (κ1) is 10.7. The topological polar surface area (TPSA) is 18.5 Å². The zero-order chi connectivity index (χ0) is 10.9. The maximum atomic E-state index is 5.68. The van der Waals surface area contributed by atoms with Crippen LogP contribution in [0.4, 0.5) is 0 Å². The van der Waals surface area contributed by atoms with E-state index < -0.39 is 0 Å². The summed E-state index contributed by atoms with van der Waals surface area (Å²) in [6.45, 7) is 2.11. The zero-order valence-corrected chi connectivity index (χ0v) is 9.62. The first-order valence-electron chi connectivity index (χ1n) is 5.38. The fourth-order valence-electron chi connectivity index (χ4n) is 2.54. The molecule has 0 saturated heterocycles. The second-order valence-corrected chi connectivity index (χ2v) is 4.23. The van der Waals surface area contributed by atoms with Crippen LogP contribution >= 0.6 is 0 Å². The molecular formula is C13H18O2. The Bertz CT molecular complexity index is 348. The van der Waals surface area contributed by atoms with Gasteiger partial charge in [-0.25, -0.2) is 0 Å². The third kappa shape index (κ3) is 1.58. The van der Waals surface area contributed by atoms with E-state index in [0.717, 1.165) is 12.8 Å². The van der Waals surface area contributed by atoms with Crippen LogP contribution in [0.2, 0.25) is 0 Å². The summed E-state index contributed by atoms with van der Waals surface area (Å²) in [5, 5.41) is 0. The summed E-state index contributed by atoms with van der Waals surface area (Å²) in [4.78, 5) is 0. The average molecular weight is 206 g/mol. The Hall–Kier alpha value is -0.860. The van der Waals surface area contributed by atoms with Crippen molar-refractivity contribution in [2.24, 2.45) is 0 Å². The minimum absolute atomic E-state index is 0.150. The Morgan fingerprint density at radius 1 is 1.27 bits per heavy atom. The second kappa shape index (κ2) is 3.95. The molecule has 1 aromatic carbocycles. The molecule has 1 aromatic rings. The fraction of sp³-hybridized carbons (Fsp3) is 0.538. The molecule has 1 aliphatic rings. The van der Waals surface area contributed by atoms with E-state index in [0.29, 0.717) is 0 Å². The Labute approximate surface area is 91.2 Å². The molecule has 0 aliphatic heterocycles. The van der Waals surface area contributed by atoms with E-state index in [1.165, 1.54) is 11.1 Å². The third-order valence-electron chi connectivity index (χ3n) is 3.55. The molecule has 0 amide bonds. The van der Waals surface area contributed by atoms with Crippen LogP contribution in [0.25, 0.3) is 0 Å². The highest BCUT2D eigenvalue weighted by Crippen LogP contribution is 2.39. The number of fused-ring (bicyclic) bond motifs is 1. The average Bonchev–Trinajstić information content (AvgIpc) is 2.30. The van der Waals surface area contributed by atoms with Gasteiger partial charge in [0.15, 0.2) is 0 Å². The molecule has 1 aliphatic carbocycles. The molecule has 2 rings (SSSR count). The zero-order valence-electron chi connectivity index (χ0n) is 9.62. The Morgan fingerprint density at radius 3 is 2.67 bits per heavy atom. The van der Waals surface area contributed by atoms with Crippen molar-refractivity contribution in [3.05, 3.63) is 35.4 Å². The van der Waals surface area contributed by atoms with Crippen LogP contribution in [0.1, 0.15) is 24.5 Å². The molecule has 0 bridgehead atoms. The highest BCUT2D eigenvalue weighted by Gasteiger charge is 2.40. The number of methoxy groups -OCH3 is 2. The van der Waals surface area contributed by atoms with E-state index in [1.54, 1.807) is 14.2 Å². The van der Waals surface area contributed by atoms with Crippen molar-refractivity contribution in [3.8, 4) is 0 Å². The van der Waals surface area contributed by atoms with Crippen molar-refractivity contribution in [3.63, 3.8) is 0 Å². The molecule has 0 N–H and O–H groups in total. The van der Waals surface area contributed by atoms with Gasteiger partial charge < -0.3 is 9.47 Å². The van der Waals surface area contributed by atoms with Crippen molar-refractivity contribution >= 4 is 0 Å². The van der Waals surface area contributed by atoms with Crippen molar-refractivity contribution < 1.29 is 9.47 Å². The van der Waals surface area contributed by atoms with Gasteiger partial charge >= 0.3 is 0 Å². The molecule has 0 unspecified atom stereocenters. The maximum Gasteiger partial charge on any atom is 0.116 e. The van der Waals surface area contributed by atoms with Crippen LogP contribution in [0.5, 0.6) is 0 Å². The summed E-state index contributed by atoms with van der Waals surface area (Å²) >= 11 is 0. The fourth-order valence-corrected chi connectivity index (χ4v) is 2.54. The van der Waals surface area contributed by atoms with Gasteiger partial charge in [0, 0.05) is 14.2 Å². The van der Waals surface area contributed by atoms with E-state index in [1.807, 2.05) is 0 Å². The predicted octanol–water partition coefficient (Wildman–Crippen LogP) is 2.51. The first-order valence-corrected chi connectivity index (χ1v) is 5.38. The van der Waals surface area contributed by atoms with Crippen molar-refractivity contribution in [2.75, 3.05) is 14.2 Å². The highest BCUT2D eigenvalue weighted by molar-refractivity contribution is 5.35. The third-order valence-corrected chi connectivity index (χ3v) is 3.55. The lowest BCUT2D eigenvalue weighted by molar-refractivity contribution is -0.120. The summed E-state index contributed by atoms with van der Waals surface area (Å²) in [6.07, 6.45) is 2.25. The van der Waals surface area contributed by atoms with Gasteiger partial charge in [-0.3, -0.25) is 0 Å². The van der Waals surface area contributed by atoms with E-state index in [2.05, 4.69) is 31.2 Å². The maximum absolute atomic E-state index is 5.68. The summed E-state index contributed by atoms with van der Waals surface area (Å²) in [7, 11) is 3.52. The van der Waals surface area contributed by atoms with E-state index in [9.17, 15) is 0 Å². The van der Waals surface area contributed by atoms with Crippen LogP contribution in [0, 0.1) is 0 Å². The van der Waals surface area contributed by atoms with E-state index in [-0.39, 0.29) is 11.7 Å². The molecule has 15 heavy (non-hydrogen) atoms. The largest absolute Gasteiger partial charge is 0.378 e. The standard InChI is InChI=1S/C13H18O2/c1-13(15-3)11-7-5-4-6-10(11)8-9-12(13)14-2/h4-7,12H,8-9H2,1-3H3/t12-,13-/m1/s1.